The van der Waals surface area contributed by atoms with Crippen LogP contribution in [0.4, 0.5) is 4.79 Å². The van der Waals surface area contributed by atoms with E-state index in [4.69, 9.17) is 4.74 Å². The van der Waals surface area contributed by atoms with Gasteiger partial charge in [0, 0.05) is 30.6 Å². The first-order chi connectivity index (χ1) is 10.7. The number of likely N-dealkylation sites (tertiary alicyclic amines) is 1. The molecule has 1 aromatic rings. The van der Waals surface area contributed by atoms with Crippen LogP contribution in [0.2, 0.25) is 0 Å². The van der Waals surface area contributed by atoms with Crippen molar-refractivity contribution in [1.29, 1.82) is 0 Å². The van der Waals surface area contributed by atoms with Gasteiger partial charge in [-0.3, -0.25) is 4.98 Å². The van der Waals surface area contributed by atoms with Crippen LogP contribution < -0.4 is 10.6 Å². The van der Waals surface area contributed by atoms with Crippen molar-refractivity contribution in [3.63, 3.8) is 0 Å². The van der Waals surface area contributed by atoms with Crippen molar-refractivity contribution in [2.45, 2.75) is 37.5 Å². The van der Waals surface area contributed by atoms with Gasteiger partial charge >= 0.3 is 6.03 Å². The number of hydrogen-bond donors (Lipinski definition) is 2. The van der Waals surface area contributed by atoms with Crippen LogP contribution in [-0.2, 0) is 4.74 Å². The number of amides is 2. The molecule has 0 radical (unpaired) electrons. The highest BCUT2D eigenvalue weighted by Crippen LogP contribution is 2.28. The largest absolute Gasteiger partial charge is 0.371 e. The molecule has 0 spiro atoms. The Bertz CT molecular complexity index is 488. The van der Waals surface area contributed by atoms with E-state index in [0.717, 1.165) is 37.9 Å². The van der Waals surface area contributed by atoms with Gasteiger partial charge in [0.2, 0.25) is 0 Å². The lowest BCUT2D eigenvalue weighted by molar-refractivity contribution is 0.0993. The number of pyridine rings is 1. The van der Waals surface area contributed by atoms with Crippen molar-refractivity contribution in [1.82, 2.24) is 20.5 Å². The Morgan fingerprint density at radius 3 is 2.86 bits per heavy atom. The Morgan fingerprint density at radius 2 is 2.14 bits per heavy atom. The fourth-order valence-corrected chi connectivity index (χ4v) is 3.16. The fourth-order valence-electron chi connectivity index (χ4n) is 3.16. The maximum atomic E-state index is 12.2. The first-order valence-corrected chi connectivity index (χ1v) is 7.99. The second-order valence-electron chi connectivity index (χ2n) is 6.17. The molecule has 0 unspecified atom stereocenters. The Kier molecular flexibility index (Phi) is 4.90. The quantitative estimate of drug-likeness (QED) is 0.883. The molecule has 2 fully saturated rings. The number of nitrogens with zero attached hydrogens (tertiary/aromatic N) is 2. The number of carbonyl (C=O) groups is 1. The second-order valence-corrected chi connectivity index (χ2v) is 6.17. The number of hydrogen-bond acceptors (Lipinski definition) is 4. The molecule has 0 saturated carbocycles. The van der Waals surface area contributed by atoms with Crippen LogP contribution >= 0.6 is 0 Å². The molecule has 3 heterocycles. The summed E-state index contributed by atoms with van der Waals surface area (Å²) in [7, 11) is 2.12. The molecule has 2 saturated heterocycles. The third-order valence-corrected chi connectivity index (χ3v) is 4.47. The van der Waals surface area contributed by atoms with Gasteiger partial charge in [0.15, 0.2) is 0 Å². The zero-order chi connectivity index (χ0) is 15.4. The lowest BCUT2D eigenvalue weighted by Crippen LogP contribution is -2.50. The predicted molar refractivity (Wildman–Crippen MR) is 83.5 cm³/mol. The first-order valence-electron chi connectivity index (χ1n) is 7.99. The van der Waals surface area contributed by atoms with Crippen LogP contribution in [0, 0.1) is 0 Å². The van der Waals surface area contributed by atoms with Gasteiger partial charge in [-0.15, -0.1) is 0 Å². The van der Waals surface area contributed by atoms with Gasteiger partial charge in [0.05, 0.1) is 6.04 Å². The highest BCUT2D eigenvalue weighted by molar-refractivity contribution is 5.74. The zero-order valence-corrected chi connectivity index (χ0v) is 13.0. The van der Waals surface area contributed by atoms with E-state index < -0.39 is 0 Å². The standard InChI is InChI=1S/C16H24N4O2/c1-20-8-4-13(5-9-20)18-16(21)19-14-6-10-22-15(14)12-3-2-7-17-11-12/h2-3,7,11,13-15H,4-6,8-10H2,1H3,(H2,18,19,21)/t14-,15+/m0/s1. The molecule has 6 heteroatoms. The average molecular weight is 304 g/mol. The van der Waals surface area contributed by atoms with Crippen LogP contribution in [0.3, 0.4) is 0 Å². The van der Waals surface area contributed by atoms with Crippen molar-refractivity contribution in [2.75, 3.05) is 26.7 Å². The van der Waals surface area contributed by atoms with Gasteiger partial charge in [-0.2, -0.15) is 0 Å². The minimum atomic E-state index is -0.100. The molecule has 2 atom stereocenters. The molecular formula is C16H24N4O2. The van der Waals surface area contributed by atoms with Crippen LogP contribution in [0.5, 0.6) is 0 Å². The molecule has 0 aliphatic carbocycles. The van der Waals surface area contributed by atoms with E-state index in [1.807, 2.05) is 12.1 Å². The zero-order valence-electron chi connectivity index (χ0n) is 13.0. The number of ether oxygens (including phenoxy) is 1. The fraction of sp³-hybridized carbons (Fsp3) is 0.625. The Balaban J connectivity index is 1.52. The topological polar surface area (TPSA) is 66.5 Å². The van der Waals surface area contributed by atoms with E-state index in [1.165, 1.54) is 0 Å². The van der Waals surface area contributed by atoms with Crippen LogP contribution in [0.1, 0.15) is 30.9 Å². The summed E-state index contributed by atoms with van der Waals surface area (Å²) in [5.74, 6) is 0. The summed E-state index contributed by atoms with van der Waals surface area (Å²) in [6.07, 6.45) is 6.30. The van der Waals surface area contributed by atoms with Gasteiger partial charge < -0.3 is 20.3 Å². The Hall–Kier alpha value is -1.66. The molecule has 0 aromatic carbocycles. The molecule has 2 aliphatic rings. The predicted octanol–water partition coefficient (Wildman–Crippen LogP) is 1.30. The van der Waals surface area contributed by atoms with Gasteiger partial charge in [0.1, 0.15) is 6.10 Å². The SMILES string of the molecule is CN1CCC(NC(=O)N[C@H]2CCO[C@@H]2c2cccnc2)CC1. The molecule has 0 bridgehead atoms. The van der Waals surface area contributed by atoms with Crippen LogP contribution in [0.15, 0.2) is 24.5 Å². The molecule has 2 amide bonds. The maximum Gasteiger partial charge on any atom is 0.315 e. The number of piperidine rings is 1. The summed E-state index contributed by atoms with van der Waals surface area (Å²) in [6, 6.07) is 4.09. The summed E-state index contributed by atoms with van der Waals surface area (Å²) < 4.78 is 5.77. The molecule has 2 aliphatic heterocycles. The third kappa shape index (κ3) is 3.75. The maximum absolute atomic E-state index is 12.2. The van der Waals surface area contributed by atoms with E-state index >= 15 is 0 Å². The van der Waals surface area contributed by atoms with Crippen molar-refractivity contribution >= 4 is 6.03 Å². The van der Waals surface area contributed by atoms with Gasteiger partial charge in [0.25, 0.3) is 0 Å². The van der Waals surface area contributed by atoms with Crippen molar-refractivity contribution < 1.29 is 9.53 Å². The summed E-state index contributed by atoms with van der Waals surface area (Å²) in [5.41, 5.74) is 1.02. The van der Waals surface area contributed by atoms with Crippen molar-refractivity contribution in [3.8, 4) is 0 Å². The summed E-state index contributed by atoms with van der Waals surface area (Å²) >= 11 is 0. The van der Waals surface area contributed by atoms with E-state index in [9.17, 15) is 4.79 Å². The molecule has 2 N–H and O–H groups in total. The molecule has 22 heavy (non-hydrogen) atoms. The normalized spacial score (nSPS) is 26.8. The second kappa shape index (κ2) is 7.07. The van der Waals surface area contributed by atoms with E-state index in [-0.39, 0.29) is 24.2 Å². The number of urea groups is 1. The van der Waals surface area contributed by atoms with Crippen LogP contribution in [-0.4, -0.2) is 54.7 Å². The number of carbonyl (C=O) groups excluding carboxylic acids is 1. The monoisotopic (exact) mass is 304 g/mol. The molecule has 6 nitrogen and oxygen atoms in total. The van der Waals surface area contributed by atoms with E-state index in [1.54, 1.807) is 12.4 Å². The minimum absolute atomic E-state index is 0.00969. The molecular weight excluding hydrogens is 280 g/mol. The van der Waals surface area contributed by atoms with Gasteiger partial charge in [-0.25, -0.2) is 4.79 Å². The van der Waals surface area contributed by atoms with Gasteiger partial charge in [-0.1, -0.05) is 6.07 Å². The smallest absolute Gasteiger partial charge is 0.315 e. The van der Waals surface area contributed by atoms with Gasteiger partial charge in [-0.05, 0) is 45.5 Å². The molecule has 1 aromatic heterocycles. The average Bonchev–Trinajstić information content (AvgIpc) is 2.98. The van der Waals surface area contributed by atoms with Crippen LogP contribution in [0.25, 0.3) is 0 Å². The number of nitrogens with one attached hydrogen (secondary N) is 2. The summed E-state index contributed by atoms with van der Waals surface area (Å²) in [6.45, 7) is 2.74. The van der Waals surface area contributed by atoms with E-state index in [0.29, 0.717) is 6.61 Å². The molecule has 3 rings (SSSR count). The summed E-state index contributed by atoms with van der Waals surface area (Å²) in [5, 5.41) is 6.16. The van der Waals surface area contributed by atoms with Crippen molar-refractivity contribution in [2.24, 2.45) is 0 Å². The number of rotatable bonds is 3. The summed E-state index contributed by atoms with van der Waals surface area (Å²) in [4.78, 5) is 18.6. The highest BCUT2D eigenvalue weighted by Gasteiger charge is 2.31. The highest BCUT2D eigenvalue weighted by atomic mass is 16.5. The first kappa shape index (κ1) is 15.2. The minimum Gasteiger partial charge on any atom is -0.371 e. The Labute approximate surface area is 131 Å². The third-order valence-electron chi connectivity index (χ3n) is 4.47. The lowest BCUT2D eigenvalue weighted by Gasteiger charge is -2.30. The van der Waals surface area contributed by atoms with Crippen molar-refractivity contribution in [3.05, 3.63) is 30.1 Å². The lowest BCUT2D eigenvalue weighted by atomic mass is 10.0. The Morgan fingerprint density at radius 1 is 1.32 bits per heavy atom. The number of aromatic nitrogens is 1. The molecule has 120 valence electrons. The van der Waals surface area contributed by atoms with E-state index in [2.05, 4.69) is 27.6 Å².